The number of hydrogen-bond donors (Lipinski definition) is 2. The molecule has 92 valence electrons. The number of anilines is 1. The molecule has 0 unspecified atom stereocenters. The van der Waals surface area contributed by atoms with Crippen molar-refractivity contribution in [1.82, 2.24) is 0 Å². The zero-order valence-electron chi connectivity index (χ0n) is 9.88. The summed E-state index contributed by atoms with van der Waals surface area (Å²) in [5.74, 6) is -0.279. The minimum absolute atomic E-state index is 0.162. The van der Waals surface area contributed by atoms with Crippen molar-refractivity contribution >= 4 is 11.7 Å². The van der Waals surface area contributed by atoms with Crippen LogP contribution in [-0.2, 0) is 4.74 Å². The quantitative estimate of drug-likeness (QED) is 0.627. The number of phenols is 1. The molecule has 0 fully saturated rings. The van der Waals surface area contributed by atoms with E-state index in [1.807, 2.05) is 6.07 Å². The number of esters is 1. The standard InChI is InChI=1S/C14H13NO3/c1-18-14(17)11-5-10(6-12(15)7-11)9-3-2-4-13(16)8-9/h2-8,16H,15H2,1H3. The highest BCUT2D eigenvalue weighted by Gasteiger charge is 2.09. The Balaban J connectivity index is 2.51. The van der Waals surface area contributed by atoms with Crippen LogP contribution in [0.1, 0.15) is 10.4 Å². The largest absolute Gasteiger partial charge is 0.508 e. The van der Waals surface area contributed by atoms with Gasteiger partial charge in [-0.15, -0.1) is 0 Å². The molecule has 0 bridgehead atoms. The monoisotopic (exact) mass is 243 g/mol. The molecule has 2 aromatic rings. The van der Waals surface area contributed by atoms with E-state index in [-0.39, 0.29) is 5.75 Å². The number of carbonyl (C=O) groups is 1. The number of nitrogen functional groups attached to an aromatic ring is 1. The van der Waals surface area contributed by atoms with Crippen LogP contribution in [0.25, 0.3) is 11.1 Å². The van der Waals surface area contributed by atoms with E-state index in [4.69, 9.17) is 5.73 Å². The van der Waals surface area contributed by atoms with E-state index in [9.17, 15) is 9.90 Å². The molecule has 0 radical (unpaired) electrons. The number of ether oxygens (including phenoxy) is 1. The Labute approximate surface area is 105 Å². The van der Waals surface area contributed by atoms with E-state index in [0.717, 1.165) is 11.1 Å². The van der Waals surface area contributed by atoms with Gasteiger partial charge >= 0.3 is 5.97 Å². The van der Waals surface area contributed by atoms with Crippen LogP contribution in [0.5, 0.6) is 5.75 Å². The Morgan fingerprint density at radius 2 is 1.94 bits per heavy atom. The Bertz CT molecular complexity index is 593. The topological polar surface area (TPSA) is 72.5 Å². The Morgan fingerprint density at radius 1 is 1.17 bits per heavy atom. The zero-order valence-corrected chi connectivity index (χ0v) is 9.88. The molecule has 4 nitrogen and oxygen atoms in total. The maximum absolute atomic E-state index is 11.5. The molecule has 0 saturated carbocycles. The lowest BCUT2D eigenvalue weighted by molar-refractivity contribution is 0.0601. The Morgan fingerprint density at radius 3 is 2.61 bits per heavy atom. The highest BCUT2D eigenvalue weighted by Crippen LogP contribution is 2.26. The Kier molecular flexibility index (Phi) is 3.19. The van der Waals surface area contributed by atoms with Crippen LogP contribution < -0.4 is 5.73 Å². The first kappa shape index (κ1) is 12.0. The molecule has 2 rings (SSSR count). The van der Waals surface area contributed by atoms with Crippen LogP contribution in [0, 0.1) is 0 Å². The van der Waals surface area contributed by atoms with E-state index in [2.05, 4.69) is 4.74 Å². The molecule has 18 heavy (non-hydrogen) atoms. The molecule has 4 heteroatoms. The number of phenolic OH excluding ortho intramolecular Hbond substituents is 1. The second-order valence-corrected chi connectivity index (χ2v) is 3.89. The molecule has 0 saturated heterocycles. The van der Waals surface area contributed by atoms with Crippen molar-refractivity contribution in [2.45, 2.75) is 0 Å². The molecule has 3 N–H and O–H groups in total. The van der Waals surface area contributed by atoms with Gasteiger partial charge in [0.1, 0.15) is 5.75 Å². The molecular formula is C14H13NO3. The molecule has 0 atom stereocenters. The molecule has 0 aliphatic rings. The first-order valence-corrected chi connectivity index (χ1v) is 5.38. The summed E-state index contributed by atoms with van der Waals surface area (Å²) in [5.41, 5.74) is 8.15. The number of methoxy groups -OCH3 is 1. The summed E-state index contributed by atoms with van der Waals surface area (Å²) >= 11 is 0. The summed E-state index contributed by atoms with van der Waals surface area (Å²) in [7, 11) is 1.32. The van der Waals surface area contributed by atoms with Crippen molar-refractivity contribution in [2.24, 2.45) is 0 Å². The van der Waals surface area contributed by atoms with Crippen molar-refractivity contribution in [1.29, 1.82) is 0 Å². The van der Waals surface area contributed by atoms with Gasteiger partial charge in [0.05, 0.1) is 12.7 Å². The van der Waals surface area contributed by atoms with Gasteiger partial charge < -0.3 is 15.6 Å². The van der Waals surface area contributed by atoms with E-state index < -0.39 is 5.97 Å². The molecule has 0 amide bonds. The van der Waals surface area contributed by atoms with Crippen molar-refractivity contribution in [3.8, 4) is 16.9 Å². The number of carbonyl (C=O) groups excluding carboxylic acids is 1. The van der Waals surface area contributed by atoms with Crippen molar-refractivity contribution in [2.75, 3.05) is 12.8 Å². The predicted octanol–water partition coefficient (Wildman–Crippen LogP) is 2.43. The van der Waals surface area contributed by atoms with Crippen LogP contribution in [-0.4, -0.2) is 18.2 Å². The zero-order chi connectivity index (χ0) is 13.1. The number of nitrogens with two attached hydrogens (primary N) is 1. The van der Waals surface area contributed by atoms with Gasteiger partial charge in [0.25, 0.3) is 0 Å². The molecule has 2 aromatic carbocycles. The first-order chi connectivity index (χ1) is 8.60. The lowest BCUT2D eigenvalue weighted by atomic mass is 10.0. The van der Waals surface area contributed by atoms with E-state index in [1.165, 1.54) is 7.11 Å². The maximum atomic E-state index is 11.5. The molecule has 0 aromatic heterocycles. The number of hydrogen-bond acceptors (Lipinski definition) is 4. The van der Waals surface area contributed by atoms with E-state index >= 15 is 0 Å². The van der Waals surface area contributed by atoms with Crippen LogP contribution in [0.3, 0.4) is 0 Å². The molecule has 0 aliphatic carbocycles. The van der Waals surface area contributed by atoms with E-state index in [1.54, 1.807) is 36.4 Å². The number of rotatable bonds is 2. The number of benzene rings is 2. The fraction of sp³-hybridized carbons (Fsp3) is 0.0714. The van der Waals surface area contributed by atoms with Gasteiger partial charge in [-0.25, -0.2) is 4.79 Å². The van der Waals surface area contributed by atoms with E-state index in [0.29, 0.717) is 11.3 Å². The van der Waals surface area contributed by atoms with Crippen LogP contribution in [0.2, 0.25) is 0 Å². The first-order valence-electron chi connectivity index (χ1n) is 5.38. The van der Waals surface area contributed by atoms with Crippen LogP contribution in [0.4, 0.5) is 5.69 Å². The third-order valence-corrected chi connectivity index (χ3v) is 2.56. The summed E-state index contributed by atoms with van der Waals surface area (Å²) in [6.45, 7) is 0. The maximum Gasteiger partial charge on any atom is 0.337 e. The summed E-state index contributed by atoms with van der Waals surface area (Å²) in [5, 5.41) is 9.45. The van der Waals surface area contributed by atoms with Gasteiger partial charge in [-0.2, -0.15) is 0 Å². The fourth-order valence-electron chi connectivity index (χ4n) is 1.74. The predicted molar refractivity (Wildman–Crippen MR) is 69.3 cm³/mol. The highest BCUT2D eigenvalue weighted by molar-refractivity contribution is 5.92. The lowest BCUT2D eigenvalue weighted by Gasteiger charge is -2.07. The van der Waals surface area contributed by atoms with Gasteiger partial charge in [0.2, 0.25) is 0 Å². The summed E-state index contributed by atoms with van der Waals surface area (Å²) in [6.07, 6.45) is 0. The Hall–Kier alpha value is -2.49. The minimum Gasteiger partial charge on any atom is -0.508 e. The van der Waals surface area contributed by atoms with Gasteiger partial charge in [0, 0.05) is 5.69 Å². The van der Waals surface area contributed by atoms with Crippen molar-refractivity contribution in [3.63, 3.8) is 0 Å². The molecule has 0 heterocycles. The van der Waals surface area contributed by atoms with Crippen LogP contribution >= 0.6 is 0 Å². The van der Waals surface area contributed by atoms with Crippen molar-refractivity contribution < 1.29 is 14.6 Å². The van der Waals surface area contributed by atoms with Gasteiger partial charge in [-0.3, -0.25) is 0 Å². The smallest absolute Gasteiger partial charge is 0.337 e. The normalized spacial score (nSPS) is 10.1. The SMILES string of the molecule is COC(=O)c1cc(N)cc(-c2cccc(O)c2)c1. The van der Waals surface area contributed by atoms with Gasteiger partial charge in [0.15, 0.2) is 0 Å². The average molecular weight is 243 g/mol. The lowest BCUT2D eigenvalue weighted by Crippen LogP contribution is -2.02. The second-order valence-electron chi connectivity index (χ2n) is 3.89. The third-order valence-electron chi connectivity index (χ3n) is 2.56. The average Bonchev–Trinajstić information content (AvgIpc) is 2.37. The fourth-order valence-corrected chi connectivity index (χ4v) is 1.74. The summed E-state index contributed by atoms with van der Waals surface area (Å²) in [6, 6.07) is 11.7. The summed E-state index contributed by atoms with van der Waals surface area (Å²) in [4.78, 5) is 11.5. The van der Waals surface area contributed by atoms with Crippen LogP contribution in [0.15, 0.2) is 42.5 Å². The number of aromatic hydroxyl groups is 1. The van der Waals surface area contributed by atoms with Gasteiger partial charge in [-0.1, -0.05) is 12.1 Å². The second kappa shape index (κ2) is 4.79. The van der Waals surface area contributed by atoms with Gasteiger partial charge in [-0.05, 0) is 41.5 Å². The highest BCUT2D eigenvalue weighted by atomic mass is 16.5. The molecule has 0 aliphatic heterocycles. The molecule has 0 spiro atoms. The van der Waals surface area contributed by atoms with Crippen molar-refractivity contribution in [3.05, 3.63) is 48.0 Å². The minimum atomic E-state index is -0.441. The molecular weight excluding hydrogens is 230 g/mol. The summed E-state index contributed by atoms with van der Waals surface area (Å²) < 4.78 is 4.66. The third kappa shape index (κ3) is 2.43.